The summed E-state index contributed by atoms with van der Waals surface area (Å²) in [6, 6.07) is 0. The van der Waals surface area contributed by atoms with E-state index in [1.165, 1.54) is 0 Å². The van der Waals surface area contributed by atoms with Gasteiger partial charge in [0.2, 0.25) is 0 Å². The van der Waals surface area contributed by atoms with Crippen LogP contribution in [0.5, 0.6) is 0 Å². The van der Waals surface area contributed by atoms with Gasteiger partial charge in [-0.2, -0.15) is 0 Å². The molecule has 0 heterocycles. The smallest absolute Gasteiger partial charge is 0.305 e. The largest absolute Gasteiger partial charge is 0.465 e. The lowest BCUT2D eigenvalue weighted by Crippen LogP contribution is -2.38. The molecular formula is C12H24O3. The molecule has 15 heavy (non-hydrogen) atoms. The second-order valence-corrected chi connectivity index (χ2v) is 5.09. The molecule has 0 radical (unpaired) electrons. The molecule has 0 aromatic carbocycles. The number of carbonyl (C=O) groups excluding carboxylic acids is 1. The first-order valence-electron chi connectivity index (χ1n) is 5.65. The highest BCUT2D eigenvalue weighted by Gasteiger charge is 2.31. The number of ether oxygens (including phenoxy) is 1. The van der Waals surface area contributed by atoms with Crippen LogP contribution in [0, 0.1) is 11.3 Å². The van der Waals surface area contributed by atoms with Crippen molar-refractivity contribution in [3.05, 3.63) is 0 Å². The lowest BCUT2D eigenvalue weighted by Gasteiger charge is -2.32. The van der Waals surface area contributed by atoms with E-state index in [0.717, 1.165) is 6.42 Å². The molecule has 0 aromatic rings. The van der Waals surface area contributed by atoms with Crippen LogP contribution < -0.4 is 0 Å². The standard InChI is InChI=1S/C12H24O3/c1-6-7-10(13)15-8-12(4,5)11(14)9(2)3/h9,11,14H,6-8H2,1-5H3. The molecular weight excluding hydrogens is 192 g/mol. The van der Waals surface area contributed by atoms with Gasteiger partial charge in [0.15, 0.2) is 0 Å². The van der Waals surface area contributed by atoms with Gasteiger partial charge >= 0.3 is 5.97 Å². The number of carbonyl (C=O) groups is 1. The Labute approximate surface area is 92.8 Å². The Morgan fingerprint density at radius 3 is 2.33 bits per heavy atom. The van der Waals surface area contributed by atoms with Gasteiger partial charge in [0.25, 0.3) is 0 Å². The predicted octanol–water partition coefficient (Wildman–Crippen LogP) is 2.37. The van der Waals surface area contributed by atoms with Crippen molar-refractivity contribution in [1.29, 1.82) is 0 Å². The molecule has 0 fully saturated rings. The van der Waals surface area contributed by atoms with E-state index in [0.29, 0.717) is 6.42 Å². The molecule has 1 atom stereocenters. The Balaban J connectivity index is 4.09. The van der Waals surface area contributed by atoms with Gasteiger partial charge in [0, 0.05) is 11.8 Å². The Morgan fingerprint density at radius 2 is 1.93 bits per heavy atom. The summed E-state index contributed by atoms with van der Waals surface area (Å²) in [6.07, 6.45) is 0.798. The van der Waals surface area contributed by atoms with E-state index in [1.54, 1.807) is 0 Å². The maximum atomic E-state index is 11.2. The Hall–Kier alpha value is -0.570. The Morgan fingerprint density at radius 1 is 1.40 bits per heavy atom. The highest BCUT2D eigenvalue weighted by Crippen LogP contribution is 2.26. The van der Waals surface area contributed by atoms with E-state index in [9.17, 15) is 9.90 Å². The normalized spacial score (nSPS) is 14.1. The highest BCUT2D eigenvalue weighted by molar-refractivity contribution is 5.69. The number of aliphatic hydroxyl groups excluding tert-OH is 1. The van der Waals surface area contributed by atoms with E-state index < -0.39 is 6.10 Å². The maximum absolute atomic E-state index is 11.2. The zero-order valence-electron chi connectivity index (χ0n) is 10.5. The molecule has 0 aliphatic rings. The molecule has 0 aliphatic heterocycles. The summed E-state index contributed by atoms with van der Waals surface area (Å²) < 4.78 is 5.12. The third-order valence-electron chi connectivity index (χ3n) is 2.49. The average molecular weight is 216 g/mol. The number of hydrogen-bond donors (Lipinski definition) is 1. The molecule has 1 N–H and O–H groups in total. The first-order valence-corrected chi connectivity index (χ1v) is 5.65. The molecule has 0 bridgehead atoms. The molecule has 0 saturated heterocycles. The van der Waals surface area contributed by atoms with E-state index >= 15 is 0 Å². The van der Waals surface area contributed by atoms with Crippen LogP contribution in [0.3, 0.4) is 0 Å². The molecule has 0 aliphatic carbocycles. The average Bonchev–Trinajstić information content (AvgIpc) is 2.14. The first kappa shape index (κ1) is 14.4. The van der Waals surface area contributed by atoms with Gasteiger partial charge in [0.1, 0.15) is 0 Å². The summed E-state index contributed by atoms with van der Waals surface area (Å²) in [7, 11) is 0. The van der Waals surface area contributed by atoms with Gasteiger partial charge in [-0.1, -0.05) is 34.6 Å². The summed E-state index contributed by atoms with van der Waals surface area (Å²) in [6.45, 7) is 9.97. The second kappa shape index (κ2) is 6.11. The van der Waals surface area contributed by atoms with Crippen LogP contribution in [0.2, 0.25) is 0 Å². The number of aliphatic hydroxyl groups is 1. The quantitative estimate of drug-likeness (QED) is 0.693. The fraction of sp³-hybridized carbons (Fsp3) is 0.917. The zero-order valence-corrected chi connectivity index (χ0v) is 10.5. The van der Waals surface area contributed by atoms with Crippen molar-refractivity contribution in [1.82, 2.24) is 0 Å². The van der Waals surface area contributed by atoms with Gasteiger partial charge in [0.05, 0.1) is 12.7 Å². The number of rotatable bonds is 6. The van der Waals surface area contributed by atoms with E-state index in [-0.39, 0.29) is 23.9 Å². The SMILES string of the molecule is CCCC(=O)OCC(C)(C)C(O)C(C)C. The Bertz CT molecular complexity index is 197. The summed E-state index contributed by atoms with van der Waals surface area (Å²) in [5.41, 5.74) is -0.377. The fourth-order valence-corrected chi connectivity index (χ4v) is 1.53. The van der Waals surface area contributed by atoms with Gasteiger partial charge in [-0.15, -0.1) is 0 Å². The van der Waals surface area contributed by atoms with Crippen LogP contribution in [0.1, 0.15) is 47.5 Å². The van der Waals surface area contributed by atoms with Crippen molar-refractivity contribution in [2.75, 3.05) is 6.61 Å². The number of esters is 1. The van der Waals surface area contributed by atoms with Crippen molar-refractivity contribution < 1.29 is 14.6 Å². The fourth-order valence-electron chi connectivity index (χ4n) is 1.53. The third-order valence-corrected chi connectivity index (χ3v) is 2.49. The van der Waals surface area contributed by atoms with Crippen LogP contribution in [-0.4, -0.2) is 23.8 Å². The molecule has 0 saturated carbocycles. The monoisotopic (exact) mass is 216 g/mol. The summed E-state index contributed by atoms with van der Waals surface area (Å²) in [5.74, 6) is -0.00796. The minimum Gasteiger partial charge on any atom is -0.465 e. The molecule has 0 spiro atoms. The first-order chi connectivity index (χ1) is 6.81. The summed E-state index contributed by atoms with van der Waals surface area (Å²) in [4.78, 5) is 11.2. The molecule has 3 heteroatoms. The lowest BCUT2D eigenvalue weighted by atomic mass is 9.81. The van der Waals surface area contributed by atoms with Crippen molar-refractivity contribution in [2.45, 2.75) is 53.6 Å². The molecule has 0 rings (SSSR count). The van der Waals surface area contributed by atoms with Crippen molar-refractivity contribution in [3.8, 4) is 0 Å². The van der Waals surface area contributed by atoms with E-state index in [1.807, 2.05) is 34.6 Å². The van der Waals surface area contributed by atoms with Crippen molar-refractivity contribution in [2.24, 2.45) is 11.3 Å². The predicted molar refractivity (Wildman–Crippen MR) is 60.5 cm³/mol. The highest BCUT2D eigenvalue weighted by atomic mass is 16.5. The minimum absolute atomic E-state index is 0.171. The van der Waals surface area contributed by atoms with Crippen LogP contribution >= 0.6 is 0 Å². The van der Waals surface area contributed by atoms with Crippen LogP contribution in [0.15, 0.2) is 0 Å². The number of hydrogen-bond acceptors (Lipinski definition) is 3. The molecule has 1 unspecified atom stereocenters. The molecule has 3 nitrogen and oxygen atoms in total. The van der Waals surface area contributed by atoms with Gasteiger partial charge in [-0.3, -0.25) is 4.79 Å². The van der Waals surface area contributed by atoms with Crippen molar-refractivity contribution in [3.63, 3.8) is 0 Å². The van der Waals surface area contributed by atoms with E-state index in [2.05, 4.69) is 0 Å². The third kappa shape index (κ3) is 5.17. The van der Waals surface area contributed by atoms with E-state index in [4.69, 9.17) is 4.74 Å². The van der Waals surface area contributed by atoms with Gasteiger partial charge in [-0.05, 0) is 12.3 Å². The molecule has 90 valence electrons. The lowest BCUT2D eigenvalue weighted by molar-refractivity contribution is -0.150. The maximum Gasteiger partial charge on any atom is 0.305 e. The summed E-state index contributed by atoms with van der Waals surface area (Å²) >= 11 is 0. The van der Waals surface area contributed by atoms with Crippen LogP contribution in [0.4, 0.5) is 0 Å². The van der Waals surface area contributed by atoms with Crippen molar-refractivity contribution >= 4 is 5.97 Å². The zero-order chi connectivity index (χ0) is 12.1. The van der Waals surface area contributed by atoms with Gasteiger partial charge < -0.3 is 9.84 Å². The molecule has 0 aromatic heterocycles. The molecule has 0 amide bonds. The second-order valence-electron chi connectivity index (χ2n) is 5.09. The van der Waals surface area contributed by atoms with Gasteiger partial charge in [-0.25, -0.2) is 0 Å². The Kier molecular flexibility index (Phi) is 5.88. The minimum atomic E-state index is -0.452. The topological polar surface area (TPSA) is 46.5 Å². The summed E-state index contributed by atoms with van der Waals surface area (Å²) in [5, 5.41) is 9.91. The van der Waals surface area contributed by atoms with Crippen LogP contribution in [-0.2, 0) is 9.53 Å². The van der Waals surface area contributed by atoms with Crippen LogP contribution in [0.25, 0.3) is 0 Å².